The highest BCUT2D eigenvalue weighted by Crippen LogP contribution is 2.34. The lowest BCUT2D eigenvalue weighted by molar-refractivity contribution is 0.308. The summed E-state index contributed by atoms with van der Waals surface area (Å²) >= 11 is 1.38. The molecule has 1 saturated heterocycles. The third kappa shape index (κ3) is 3.08. The third-order valence-corrected chi connectivity index (χ3v) is 7.43. The van der Waals surface area contributed by atoms with E-state index in [0.717, 1.165) is 30.7 Å². The Labute approximate surface area is 125 Å². The van der Waals surface area contributed by atoms with E-state index in [4.69, 9.17) is 0 Å². The van der Waals surface area contributed by atoms with Crippen molar-refractivity contribution in [2.24, 2.45) is 0 Å². The second kappa shape index (κ2) is 5.75. The molecule has 0 bridgehead atoms. The fourth-order valence-electron chi connectivity index (χ4n) is 2.77. The highest BCUT2D eigenvalue weighted by molar-refractivity contribution is 7.91. The molecule has 112 valence electrons. The zero-order valence-corrected chi connectivity index (χ0v) is 13.5. The van der Waals surface area contributed by atoms with Gasteiger partial charge in [-0.25, -0.2) is 8.42 Å². The molecule has 0 radical (unpaired) electrons. The van der Waals surface area contributed by atoms with E-state index in [1.807, 2.05) is 13.0 Å². The molecule has 3 rings (SSSR count). The van der Waals surface area contributed by atoms with Crippen LogP contribution in [0.3, 0.4) is 0 Å². The van der Waals surface area contributed by atoms with E-state index >= 15 is 0 Å². The lowest BCUT2D eigenvalue weighted by atomic mass is 10.1. The Morgan fingerprint density at radius 2 is 2.10 bits per heavy atom. The highest BCUT2D eigenvalue weighted by atomic mass is 32.2. The van der Waals surface area contributed by atoms with Gasteiger partial charge in [0.1, 0.15) is 4.21 Å². The molecule has 1 atom stereocenters. The highest BCUT2D eigenvalue weighted by Gasteiger charge is 2.39. The van der Waals surface area contributed by atoms with Crippen molar-refractivity contribution in [3.63, 3.8) is 0 Å². The van der Waals surface area contributed by atoms with Crippen molar-refractivity contribution in [3.05, 3.63) is 17.0 Å². The van der Waals surface area contributed by atoms with Gasteiger partial charge in [-0.3, -0.25) is 0 Å². The van der Waals surface area contributed by atoms with E-state index in [1.165, 1.54) is 24.2 Å². The number of hydrogen-bond acceptors (Lipinski definition) is 4. The van der Waals surface area contributed by atoms with Gasteiger partial charge in [0.05, 0.1) is 0 Å². The minimum atomic E-state index is -3.30. The number of rotatable bonds is 5. The lowest BCUT2D eigenvalue weighted by Gasteiger charge is -2.29. The molecule has 1 unspecified atom stereocenters. The van der Waals surface area contributed by atoms with Crippen LogP contribution in [0.5, 0.6) is 0 Å². The molecule has 1 aliphatic heterocycles. The minimum Gasteiger partial charge on any atom is -0.313 e. The van der Waals surface area contributed by atoms with Crippen LogP contribution < -0.4 is 5.32 Å². The van der Waals surface area contributed by atoms with Crippen LogP contribution in [0.15, 0.2) is 16.3 Å². The smallest absolute Gasteiger partial charge is 0.252 e. The Balaban J connectivity index is 1.79. The predicted molar refractivity (Wildman–Crippen MR) is 81.6 cm³/mol. The molecule has 2 heterocycles. The zero-order chi connectivity index (χ0) is 14.2. The van der Waals surface area contributed by atoms with Gasteiger partial charge in [0.2, 0.25) is 0 Å². The molecule has 1 N–H and O–H groups in total. The van der Waals surface area contributed by atoms with Crippen molar-refractivity contribution in [1.29, 1.82) is 0 Å². The van der Waals surface area contributed by atoms with Gasteiger partial charge in [0.15, 0.2) is 0 Å². The standard InChI is InChI=1S/C14H22N2O2S2/c1-11-5-8-14(19-11)20(17,18)16(13-6-7-13)10-12-4-2-3-9-15-12/h5,8,12-13,15H,2-4,6-7,9-10H2,1H3. The largest absolute Gasteiger partial charge is 0.313 e. The first-order valence-corrected chi connectivity index (χ1v) is 9.65. The molecule has 0 aromatic carbocycles. The van der Waals surface area contributed by atoms with Gasteiger partial charge in [-0.1, -0.05) is 6.42 Å². The maximum atomic E-state index is 12.8. The predicted octanol–water partition coefficient (Wildman–Crippen LogP) is 2.35. The second-order valence-electron chi connectivity index (χ2n) is 5.82. The molecular weight excluding hydrogens is 292 g/mol. The van der Waals surface area contributed by atoms with Crippen LogP contribution in [0.1, 0.15) is 37.0 Å². The quantitative estimate of drug-likeness (QED) is 0.907. The summed E-state index contributed by atoms with van der Waals surface area (Å²) in [6, 6.07) is 4.19. The van der Waals surface area contributed by atoms with Crippen LogP contribution in [-0.4, -0.2) is 37.9 Å². The normalized spacial score (nSPS) is 24.2. The summed E-state index contributed by atoms with van der Waals surface area (Å²) in [5, 5.41) is 3.46. The summed E-state index contributed by atoms with van der Waals surface area (Å²) in [7, 11) is -3.30. The molecule has 20 heavy (non-hydrogen) atoms. The van der Waals surface area contributed by atoms with Gasteiger partial charge in [0.25, 0.3) is 10.0 Å². The Hall–Kier alpha value is -0.430. The fraction of sp³-hybridized carbons (Fsp3) is 0.714. The maximum absolute atomic E-state index is 12.8. The van der Waals surface area contributed by atoms with Gasteiger partial charge in [0, 0.05) is 23.5 Å². The van der Waals surface area contributed by atoms with E-state index in [0.29, 0.717) is 16.8 Å². The molecular formula is C14H22N2O2S2. The zero-order valence-electron chi connectivity index (χ0n) is 11.8. The molecule has 1 aromatic heterocycles. The number of nitrogens with zero attached hydrogens (tertiary/aromatic N) is 1. The van der Waals surface area contributed by atoms with Crippen LogP contribution >= 0.6 is 11.3 Å². The summed E-state index contributed by atoms with van der Waals surface area (Å²) in [5.41, 5.74) is 0. The van der Waals surface area contributed by atoms with Gasteiger partial charge in [-0.05, 0) is 51.3 Å². The molecule has 1 aliphatic carbocycles. The first-order chi connectivity index (χ1) is 9.57. The molecule has 0 amide bonds. The van der Waals surface area contributed by atoms with Gasteiger partial charge >= 0.3 is 0 Å². The number of aryl methyl sites for hydroxylation is 1. The molecule has 2 aliphatic rings. The van der Waals surface area contributed by atoms with Crippen molar-refractivity contribution in [1.82, 2.24) is 9.62 Å². The van der Waals surface area contributed by atoms with Crippen LogP contribution in [0.25, 0.3) is 0 Å². The van der Waals surface area contributed by atoms with E-state index < -0.39 is 10.0 Å². The van der Waals surface area contributed by atoms with Gasteiger partial charge in [-0.2, -0.15) is 4.31 Å². The number of nitrogens with one attached hydrogen (secondary N) is 1. The first kappa shape index (κ1) is 14.5. The maximum Gasteiger partial charge on any atom is 0.252 e. The van der Waals surface area contributed by atoms with Crippen LogP contribution in [0, 0.1) is 6.92 Å². The van der Waals surface area contributed by atoms with Crippen LogP contribution in [0.4, 0.5) is 0 Å². The molecule has 1 saturated carbocycles. The molecule has 4 nitrogen and oxygen atoms in total. The van der Waals surface area contributed by atoms with Crippen molar-refractivity contribution >= 4 is 21.4 Å². The summed E-state index contributed by atoms with van der Waals surface area (Å²) in [4.78, 5) is 1.05. The lowest BCUT2D eigenvalue weighted by Crippen LogP contribution is -2.46. The Morgan fingerprint density at radius 3 is 2.65 bits per heavy atom. The average Bonchev–Trinajstić information content (AvgIpc) is 3.17. The fourth-order valence-corrected chi connectivity index (χ4v) is 5.91. The van der Waals surface area contributed by atoms with E-state index in [1.54, 1.807) is 10.4 Å². The molecule has 6 heteroatoms. The van der Waals surface area contributed by atoms with Crippen molar-refractivity contribution < 1.29 is 8.42 Å². The number of thiophene rings is 1. The van der Waals surface area contributed by atoms with Crippen LogP contribution in [-0.2, 0) is 10.0 Å². The van der Waals surface area contributed by atoms with Crippen LogP contribution in [0.2, 0.25) is 0 Å². The van der Waals surface area contributed by atoms with Gasteiger partial charge in [-0.15, -0.1) is 11.3 Å². The molecule has 0 spiro atoms. The van der Waals surface area contributed by atoms with Crippen molar-refractivity contribution in [2.45, 2.75) is 55.3 Å². The Bertz CT molecular complexity index is 557. The van der Waals surface area contributed by atoms with E-state index in [-0.39, 0.29) is 6.04 Å². The third-order valence-electron chi connectivity index (χ3n) is 4.05. The second-order valence-corrected chi connectivity index (χ2v) is 9.22. The molecule has 2 fully saturated rings. The SMILES string of the molecule is Cc1ccc(S(=O)(=O)N(CC2CCCCN2)C2CC2)s1. The average molecular weight is 314 g/mol. The van der Waals surface area contributed by atoms with Gasteiger partial charge < -0.3 is 5.32 Å². The Morgan fingerprint density at radius 1 is 1.30 bits per heavy atom. The molecule has 1 aromatic rings. The Kier molecular flexibility index (Phi) is 4.17. The first-order valence-electron chi connectivity index (χ1n) is 7.39. The van der Waals surface area contributed by atoms with E-state index in [9.17, 15) is 8.42 Å². The summed E-state index contributed by atoms with van der Waals surface area (Å²) in [5.74, 6) is 0. The minimum absolute atomic E-state index is 0.228. The summed E-state index contributed by atoms with van der Waals surface area (Å²) in [6.07, 6.45) is 5.51. The number of sulfonamides is 1. The number of piperidine rings is 1. The van der Waals surface area contributed by atoms with Crippen molar-refractivity contribution in [3.8, 4) is 0 Å². The topological polar surface area (TPSA) is 49.4 Å². The number of hydrogen-bond donors (Lipinski definition) is 1. The van der Waals surface area contributed by atoms with Crippen molar-refractivity contribution in [2.75, 3.05) is 13.1 Å². The summed E-state index contributed by atoms with van der Waals surface area (Å²) < 4.78 is 27.9. The monoisotopic (exact) mass is 314 g/mol. The summed E-state index contributed by atoms with van der Waals surface area (Å²) in [6.45, 7) is 3.60. The van der Waals surface area contributed by atoms with E-state index in [2.05, 4.69) is 5.32 Å².